The molecule has 0 spiro atoms. The van der Waals surface area contributed by atoms with Crippen molar-refractivity contribution >= 4 is 27.5 Å². The van der Waals surface area contributed by atoms with Crippen molar-refractivity contribution in [1.82, 2.24) is 9.62 Å². The minimum Gasteiger partial charge on any atom is -0.346 e. The number of nitrogens with zero attached hydrogens (tertiary/aromatic N) is 2. The van der Waals surface area contributed by atoms with E-state index in [1.807, 2.05) is 0 Å². The summed E-state index contributed by atoms with van der Waals surface area (Å²) in [6.45, 7) is 7.76. The number of rotatable bonds is 3. The Morgan fingerprint density at radius 1 is 1.33 bits per heavy atom. The van der Waals surface area contributed by atoms with Crippen LogP contribution in [0.3, 0.4) is 0 Å². The molecule has 0 aliphatic carbocycles. The standard InChI is InChI=1S/C19H25N3O4S/c1-5-17(23)22-10-6-7-13-11-14(8-9-15(13)22)18(24)20-16-12-27(25,26)21(4)19(16,2)3/h5,8-9,11,16H,1,6-7,10,12H2,2-4H3,(H,20,24). The lowest BCUT2D eigenvalue weighted by atomic mass is 9.95. The number of amides is 2. The molecule has 8 heteroatoms. The van der Waals surface area contributed by atoms with Crippen molar-refractivity contribution in [2.45, 2.75) is 38.3 Å². The van der Waals surface area contributed by atoms with E-state index in [2.05, 4.69) is 11.9 Å². The van der Waals surface area contributed by atoms with E-state index in [1.165, 1.54) is 17.4 Å². The highest BCUT2D eigenvalue weighted by atomic mass is 32.2. The molecule has 0 aromatic heterocycles. The van der Waals surface area contributed by atoms with Crippen molar-refractivity contribution in [2.75, 3.05) is 24.2 Å². The zero-order valence-electron chi connectivity index (χ0n) is 15.9. The number of carbonyl (C=O) groups excluding carboxylic acids is 2. The molecule has 2 heterocycles. The van der Waals surface area contributed by atoms with Crippen LogP contribution in [0.15, 0.2) is 30.9 Å². The van der Waals surface area contributed by atoms with Crippen LogP contribution >= 0.6 is 0 Å². The first-order valence-electron chi connectivity index (χ1n) is 8.92. The van der Waals surface area contributed by atoms with E-state index in [9.17, 15) is 18.0 Å². The van der Waals surface area contributed by atoms with Crippen LogP contribution in [0.1, 0.15) is 36.2 Å². The number of sulfonamides is 1. The molecule has 1 aromatic carbocycles. The Bertz CT molecular complexity index is 908. The van der Waals surface area contributed by atoms with Gasteiger partial charge in [-0.05, 0) is 56.5 Å². The summed E-state index contributed by atoms with van der Waals surface area (Å²) in [5.41, 5.74) is 1.49. The third kappa shape index (κ3) is 3.39. The Morgan fingerprint density at radius 3 is 2.63 bits per heavy atom. The highest BCUT2D eigenvalue weighted by Crippen LogP contribution is 2.31. The van der Waals surface area contributed by atoms with Crippen molar-refractivity contribution in [2.24, 2.45) is 0 Å². The molecule has 3 rings (SSSR count). The van der Waals surface area contributed by atoms with Crippen LogP contribution in [0.4, 0.5) is 5.69 Å². The van der Waals surface area contributed by atoms with Crippen LogP contribution in [-0.4, -0.2) is 55.5 Å². The monoisotopic (exact) mass is 391 g/mol. The first-order valence-corrected chi connectivity index (χ1v) is 10.5. The average Bonchev–Trinajstić information content (AvgIpc) is 2.79. The van der Waals surface area contributed by atoms with Crippen molar-refractivity contribution in [3.05, 3.63) is 42.0 Å². The fourth-order valence-electron chi connectivity index (χ4n) is 3.64. The molecule has 0 saturated carbocycles. The number of nitrogens with one attached hydrogen (secondary N) is 1. The summed E-state index contributed by atoms with van der Waals surface area (Å²) in [6.07, 6.45) is 2.88. The molecule has 2 aliphatic heterocycles. The number of hydrogen-bond acceptors (Lipinski definition) is 4. The maximum absolute atomic E-state index is 12.7. The maximum atomic E-state index is 12.7. The predicted molar refractivity (Wildman–Crippen MR) is 104 cm³/mol. The lowest BCUT2D eigenvalue weighted by Crippen LogP contribution is -2.52. The molecular formula is C19H25N3O4S. The third-order valence-corrected chi connectivity index (χ3v) is 7.72. The normalized spacial score (nSPS) is 23.5. The molecule has 1 atom stereocenters. The summed E-state index contributed by atoms with van der Waals surface area (Å²) >= 11 is 0. The number of benzene rings is 1. The Kier molecular flexibility index (Phi) is 4.90. The van der Waals surface area contributed by atoms with E-state index in [1.54, 1.807) is 36.9 Å². The van der Waals surface area contributed by atoms with Crippen LogP contribution < -0.4 is 10.2 Å². The van der Waals surface area contributed by atoms with E-state index in [-0.39, 0.29) is 17.6 Å². The van der Waals surface area contributed by atoms with Crippen LogP contribution in [0.25, 0.3) is 0 Å². The van der Waals surface area contributed by atoms with E-state index < -0.39 is 21.6 Å². The minimum atomic E-state index is -3.38. The number of fused-ring (bicyclic) bond motifs is 1. The summed E-state index contributed by atoms with van der Waals surface area (Å²) < 4.78 is 25.6. The molecule has 27 heavy (non-hydrogen) atoms. The Hall–Kier alpha value is -2.19. The molecule has 1 N–H and O–H groups in total. The zero-order valence-corrected chi connectivity index (χ0v) is 16.7. The Balaban J connectivity index is 1.83. The van der Waals surface area contributed by atoms with Gasteiger partial charge in [0.1, 0.15) is 0 Å². The molecule has 1 unspecified atom stereocenters. The van der Waals surface area contributed by atoms with E-state index in [0.717, 1.165) is 24.1 Å². The van der Waals surface area contributed by atoms with Gasteiger partial charge in [0.25, 0.3) is 5.91 Å². The Labute approximate surface area is 160 Å². The maximum Gasteiger partial charge on any atom is 0.251 e. The van der Waals surface area contributed by atoms with Crippen LogP contribution in [0.2, 0.25) is 0 Å². The van der Waals surface area contributed by atoms with Gasteiger partial charge < -0.3 is 10.2 Å². The van der Waals surface area contributed by atoms with Gasteiger partial charge in [-0.2, -0.15) is 4.31 Å². The largest absolute Gasteiger partial charge is 0.346 e. The second kappa shape index (κ2) is 6.76. The lowest BCUT2D eigenvalue weighted by Gasteiger charge is -2.32. The second-order valence-electron chi connectivity index (χ2n) is 7.57. The molecule has 1 aromatic rings. The van der Waals surface area contributed by atoms with Crippen molar-refractivity contribution in [3.63, 3.8) is 0 Å². The topological polar surface area (TPSA) is 86.8 Å². The summed E-state index contributed by atoms with van der Waals surface area (Å²) in [7, 11) is -1.85. The van der Waals surface area contributed by atoms with Crippen molar-refractivity contribution < 1.29 is 18.0 Å². The first-order chi connectivity index (χ1) is 12.6. The number of anilines is 1. The van der Waals surface area contributed by atoms with Gasteiger partial charge in [-0.15, -0.1) is 0 Å². The number of aryl methyl sites for hydroxylation is 1. The van der Waals surface area contributed by atoms with Crippen LogP contribution in [-0.2, 0) is 21.2 Å². The summed E-state index contributed by atoms with van der Waals surface area (Å²) in [6, 6.07) is 4.72. The molecular weight excluding hydrogens is 366 g/mol. The average molecular weight is 391 g/mol. The Morgan fingerprint density at radius 2 is 2.04 bits per heavy atom. The van der Waals surface area contributed by atoms with Gasteiger partial charge in [-0.3, -0.25) is 9.59 Å². The second-order valence-corrected chi connectivity index (χ2v) is 9.61. The van der Waals surface area contributed by atoms with Gasteiger partial charge in [0.2, 0.25) is 15.9 Å². The summed E-state index contributed by atoms with van der Waals surface area (Å²) in [5, 5.41) is 2.87. The molecule has 146 valence electrons. The van der Waals surface area contributed by atoms with Gasteiger partial charge >= 0.3 is 0 Å². The molecule has 1 fully saturated rings. The van der Waals surface area contributed by atoms with Crippen LogP contribution in [0.5, 0.6) is 0 Å². The van der Waals surface area contributed by atoms with Gasteiger partial charge in [0, 0.05) is 24.8 Å². The van der Waals surface area contributed by atoms with Gasteiger partial charge in [-0.1, -0.05) is 6.58 Å². The molecule has 1 saturated heterocycles. The van der Waals surface area contributed by atoms with Gasteiger partial charge in [0.05, 0.1) is 17.3 Å². The van der Waals surface area contributed by atoms with Crippen LogP contribution in [0, 0.1) is 0 Å². The number of carbonyl (C=O) groups is 2. The van der Waals surface area contributed by atoms with Crippen molar-refractivity contribution in [1.29, 1.82) is 0 Å². The lowest BCUT2D eigenvalue weighted by molar-refractivity contribution is -0.114. The summed E-state index contributed by atoms with van der Waals surface area (Å²) in [4.78, 5) is 26.4. The van der Waals surface area contributed by atoms with E-state index >= 15 is 0 Å². The number of likely N-dealkylation sites (N-methyl/N-ethyl adjacent to an activating group) is 1. The minimum absolute atomic E-state index is 0.116. The first kappa shape index (κ1) is 19.6. The molecule has 7 nitrogen and oxygen atoms in total. The highest BCUT2D eigenvalue weighted by Gasteiger charge is 2.49. The van der Waals surface area contributed by atoms with E-state index in [4.69, 9.17) is 0 Å². The fourth-order valence-corrected chi connectivity index (χ4v) is 5.62. The van der Waals surface area contributed by atoms with Crippen molar-refractivity contribution in [3.8, 4) is 0 Å². The smallest absolute Gasteiger partial charge is 0.251 e. The number of hydrogen-bond donors (Lipinski definition) is 1. The highest BCUT2D eigenvalue weighted by molar-refractivity contribution is 7.89. The van der Waals surface area contributed by atoms with E-state index in [0.29, 0.717) is 12.1 Å². The SMILES string of the molecule is C=CC(=O)N1CCCc2cc(C(=O)NC3CS(=O)(=O)N(C)C3(C)C)ccc21. The third-order valence-electron chi connectivity index (χ3n) is 5.67. The van der Waals surface area contributed by atoms with Gasteiger partial charge in [0.15, 0.2) is 0 Å². The van der Waals surface area contributed by atoms with Gasteiger partial charge in [-0.25, -0.2) is 8.42 Å². The zero-order chi connectivity index (χ0) is 20.0. The molecule has 2 aliphatic rings. The molecule has 0 bridgehead atoms. The molecule has 0 radical (unpaired) electrons. The quantitative estimate of drug-likeness (QED) is 0.787. The predicted octanol–water partition coefficient (Wildman–Crippen LogP) is 1.30. The summed E-state index contributed by atoms with van der Waals surface area (Å²) in [5.74, 6) is -0.586. The fraction of sp³-hybridized carbons (Fsp3) is 0.474. The molecule has 2 amide bonds.